The van der Waals surface area contributed by atoms with Crippen LogP contribution in [0.1, 0.15) is 24.1 Å². The van der Waals surface area contributed by atoms with Crippen LogP contribution in [0.5, 0.6) is 0 Å². The molecule has 18 heavy (non-hydrogen) atoms. The summed E-state index contributed by atoms with van der Waals surface area (Å²) in [6, 6.07) is 13.9. The van der Waals surface area contributed by atoms with Crippen LogP contribution in [0.15, 0.2) is 42.5 Å². The van der Waals surface area contributed by atoms with E-state index in [1.54, 1.807) is 0 Å². The van der Waals surface area contributed by atoms with Crippen LogP contribution in [0.4, 0.5) is 5.69 Å². The zero-order valence-electron chi connectivity index (χ0n) is 10.4. The van der Waals surface area contributed by atoms with Crippen molar-refractivity contribution in [2.45, 2.75) is 19.9 Å². The molecule has 0 aliphatic heterocycles. The molecule has 0 radical (unpaired) electrons. The van der Waals surface area contributed by atoms with Crippen molar-refractivity contribution in [1.29, 1.82) is 0 Å². The van der Waals surface area contributed by atoms with E-state index in [-0.39, 0.29) is 6.04 Å². The molecule has 1 nitrogen and oxygen atoms in total. The molecular weight excluding hydrogens is 265 g/mol. The molecule has 1 atom stereocenters. The second kappa shape index (κ2) is 5.64. The first-order valence-corrected chi connectivity index (χ1v) is 6.60. The van der Waals surface area contributed by atoms with Gasteiger partial charge in [-0.3, -0.25) is 0 Å². The Morgan fingerprint density at radius 3 is 2.39 bits per heavy atom. The summed E-state index contributed by atoms with van der Waals surface area (Å²) in [7, 11) is 0. The Morgan fingerprint density at radius 1 is 1.00 bits per heavy atom. The van der Waals surface area contributed by atoms with E-state index in [0.717, 1.165) is 26.9 Å². The summed E-state index contributed by atoms with van der Waals surface area (Å²) in [5, 5.41) is 4.87. The molecule has 0 aliphatic rings. The van der Waals surface area contributed by atoms with Crippen LogP contribution in [-0.4, -0.2) is 0 Å². The largest absolute Gasteiger partial charge is 0.377 e. The topological polar surface area (TPSA) is 12.0 Å². The highest BCUT2D eigenvalue weighted by molar-refractivity contribution is 6.33. The van der Waals surface area contributed by atoms with Gasteiger partial charge in [-0.25, -0.2) is 0 Å². The number of halogens is 2. The monoisotopic (exact) mass is 279 g/mol. The quantitative estimate of drug-likeness (QED) is 0.785. The maximum absolute atomic E-state index is 6.21. The molecule has 2 rings (SSSR count). The van der Waals surface area contributed by atoms with Gasteiger partial charge in [-0.05, 0) is 43.2 Å². The highest BCUT2D eigenvalue weighted by atomic mass is 35.5. The Hall–Kier alpha value is -1.18. The van der Waals surface area contributed by atoms with Gasteiger partial charge in [0.2, 0.25) is 0 Å². The van der Waals surface area contributed by atoms with Gasteiger partial charge in [0, 0.05) is 5.02 Å². The molecule has 2 aromatic rings. The minimum absolute atomic E-state index is 0.110. The van der Waals surface area contributed by atoms with Crippen molar-refractivity contribution in [3.05, 3.63) is 63.6 Å². The second-order valence-electron chi connectivity index (χ2n) is 4.37. The fourth-order valence-electron chi connectivity index (χ4n) is 1.87. The maximum atomic E-state index is 6.21. The molecule has 3 heteroatoms. The first kappa shape index (κ1) is 13.3. The first-order chi connectivity index (χ1) is 8.58. The van der Waals surface area contributed by atoms with Gasteiger partial charge in [-0.15, -0.1) is 0 Å². The van der Waals surface area contributed by atoms with Gasteiger partial charge in [-0.2, -0.15) is 0 Å². The third kappa shape index (κ3) is 2.98. The van der Waals surface area contributed by atoms with Crippen molar-refractivity contribution >= 4 is 28.9 Å². The third-order valence-electron chi connectivity index (χ3n) is 2.87. The Kier molecular flexibility index (Phi) is 4.15. The van der Waals surface area contributed by atoms with Gasteiger partial charge < -0.3 is 5.32 Å². The molecule has 0 fully saturated rings. The van der Waals surface area contributed by atoms with Crippen LogP contribution in [-0.2, 0) is 0 Å². The molecule has 0 aliphatic carbocycles. The summed E-state index contributed by atoms with van der Waals surface area (Å²) in [6.45, 7) is 4.09. The molecule has 1 unspecified atom stereocenters. The predicted octanol–water partition coefficient (Wildman–Crippen LogP) is 5.47. The Bertz CT molecular complexity index is 552. The van der Waals surface area contributed by atoms with Gasteiger partial charge in [0.15, 0.2) is 0 Å². The van der Waals surface area contributed by atoms with E-state index in [2.05, 4.69) is 12.2 Å². The van der Waals surface area contributed by atoms with Gasteiger partial charge in [0.1, 0.15) is 0 Å². The smallest absolute Gasteiger partial charge is 0.0640 e. The number of aryl methyl sites for hydroxylation is 1. The van der Waals surface area contributed by atoms with E-state index in [0.29, 0.717) is 0 Å². The number of hydrogen-bond acceptors (Lipinski definition) is 1. The minimum Gasteiger partial charge on any atom is -0.377 e. The molecule has 0 amide bonds. The van der Waals surface area contributed by atoms with Crippen molar-refractivity contribution in [2.24, 2.45) is 0 Å². The van der Waals surface area contributed by atoms with E-state index in [1.807, 2.05) is 49.4 Å². The van der Waals surface area contributed by atoms with Crippen LogP contribution in [0, 0.1) is 6.92 Å². The summed E-state index contributed by atoms with van der Waals surface area (Å²) in [4.78, 5) is 0. The van der Waals surface area contributed by atoms with Gasteiger partial charge in [0.05, 0.1) is 16.8 Å². The van der Waals surface area contributed by atoms with Crippen LogP contribution in [0.2, 0.25) is 10.0 Å². The van der Waals surface area contributed by atoms with Crippen LogP contribution < -0.4 is 5.32 Å². The van der Waals surface area contributed by atoms with E-state index < -0.39 is 0 Å². The molecule has 2 aromatic carbocycles. The number of anilines is 1. The molecule has 1 N–H and O–H groups in total. The predicted molar refractivity (Wildman–Crippen MR) is 79.7 cm³/mol. The molecular formula is C15H15Cl2N. The van der Waals surface area contributed by atoms with E-state index in [4.69, 9.17) is 23.2 Å². The molecule has 0 bridgehead atoms. The van der Waals surface area contributed by atoms with Gasteiger partial charge in [0.25, 0.3) is 0 Å². The standard InChI is InChI=1S/C15H15Cl2N/c1-10-7-8-15(14(17)9-10)18-11(2)12-5-3-4-6-13(12)16/h3-9,11,18H,1-2H3. The number of nitrogens with one attached hydrogen (secondary N) is 1. The lowest BCUT2D eigenvalue weighted by atomic mass is 10.1. The molecule has 0 heterocycles. The number of hydrogen-bond donors (Lipinski definition) is 1. The van der Waals surface area contributed by atoms with E-state index in [9.17, 15) is 0 Å². The average molecular weight is 280 g/mol. The minimum atomic E-state index is 0.110. The Balaban J connectivity index is 2.21. The fraction of sp³-hybridized carbons (Fsp3) is 0.200. The van der Waals surface area contributed by atoms with Crippen molar-refractivity contribution in [3.8, 4) is 0 Å². The number of rotatable bonds is 3. The fourth-order valence-corrected chi connectivity index (χ4v) is 2.46. The maximum Gasteiger partial charge on any atom is 0.0640 e. The lowest BCUT2D eigenvalue weighted by Crippen LogP contribution is -2.07. The highest BCUT2D eigenvalue weighted by Crippen LogP contribution is 2.29. The molecule has 94 valence electrons. The summed E-state index contributed by atoms with van der Waals surface area (Å²) in [6.07, 6.45) is 0. The number of benzene rings is 2. The highest BCUT2D eigenvalue weighted by Gasteiger charge is 2.10. The lowest BCUT2D eigenvalue weighted by molar-refractivity contribution is 0.885. The SMILES string of the molecule is Cc1ccc(NC(C)c2ccccc2Cl)c(Cl)c1. The molecule has 0 spiro atoms. The summed E-state index contributed by atoms with van der Waals surface area (Å²) < 4.78 is 0. The van der Waals surface area contributed by atoms with E-state index in [1.165, 1.54) is 0 Å². The zero-order chi connectivity index (χ0) is 13.1. The van der Waals surface area contributed by atoms with Crippen LogP contribution in [0.3, 0.4) is 0 Å². The van der Waals surface area contributed by atoms with Crippen molar-refractivity contribution in [1.82, 2.24) is 0 Å². The molecule has 0 saturated heterocycles. The Morgan fingerprint density at radius 2 is 1.72 bits per heavy atom. The lowest BCUT2D eigenvalue weighted by Gasteiger charge is -2.18. The molecule has 0 saturated carbocycles. The van der Waals surface area contributed by atoms with Crippen LogP contribution >= 0.6 is 23.2 Å². The Labute approximate surface area is 118 Å². The summed E-state index contributed by atoms with van der Waals surface area (Å²) >= 11 is 12.4. The van der Waals surface area contributed by atoms with Crippen LogP contribution in [0.25, 0.3) is 0 Å². The average Bonchev–Trinajstić information content (AvgIpc) is 2.33. The summed E-state index contributed by atoms with van der Waals surface area (Å²) in [5.74, 6) is 0. The van der Waals surface area contributed by atoms with Crippen molar-refractivity contribution in [3.63, 3.8) is 0 Å². The first-order valence-electron chi connectivity index (χ1n) is 5.85. The normalized spacial score (nSPS) is 12.2. The summed E-state index contributed by atoms with van der Waals surface area (Å²) in [5.41, 5.74) is 3.14. The van der Waals surface area contributed by atoms with E-state index >= 15 is 0 Å². The second-order valence-corrected chi connectivity index (χ2v) is 5.19. The van der Waals surface area contributed by atoms with Crippen molar-refractivity contribution < 1.29 is 0 Å². The van der Waals surface area contributed by atoms with Crippen molar-refractivity contribution in [2.75, 3.05) is 5.32 Å². The zero-order valence-corrected chi connectivity index (χ0v) is 11.9. The van der Waals surface area contributed by atoms with Gasteiger partial charge in [-0.1, -0.05) is 47.5 Å². The molecule has 0 aromatic heterocycles. The third-order valence-corrected chi connectivity index (χ3v) is 3.53. The van der Waals surface area contributed by atoms with Gasteiger partial charge >= 0.3 is 0 Å².